The van der Waals surface area contributed by atoms with Crippen molar-refractivity contribution in [1.82, 2.24) is 4.90 Å². The number of hydrogen-bond donors (Lipinski definition) is 0. The minimum Gasteiger partial charge on any atom is -0.342 e. The number of hydrogen-bond acceptors (Lipinski definition) is 1. The molecule has 1 aromatic carbocycles. The second-order valence-corrected chi connectivity index (χ2v) is 5.54. The maximum atomic E-state index is 11.8. The summed E-state index contributed by atoms with van der Waals surface area (Å²) in [7, 11) is 0. The van der Waals surface area contributed by atoms with Gasteiger partial charge in [0.2, 0.25) is 5.91 Å². The first-order valence-electron chi connectivity index (χ1n) is 6.24. The van der Waals surface area contributed by atoms with Gasteiger partial charge in [0, 0.05) is 29.9 Å². The van der Waals surface area contributed by atoms with Gasteiger partial charge in [-0.2, -0.15) is 0 Å². The number of rotatable bonds is 3. The molecule has 0 spiro atoms. The topological polar surface area (TPSA) is 20.3 Å². The van der Waals surface area contributed by atoms with Crippen molar-refractivity contribution in [1.29, 1.82) is 0 Å². The SMILES string of the molecule is CCCC(=O)N1CCC(c2ccc(Br)cc2)C1. The highest BCUT2D eigenvalue weighted by atomic mass is 79.9. The molecular weight excluding hydrogens is 278 g/mol. The van der Waals surface area contributed by atoms with Crippen LogP contribution in [0.25, 0.3) is 0 Å². The van der Waals surface area contributed by atoms with E-state index in [0.717, 1.165) is 30.4 Å². The van der Waals surface area contributed by atoms with E-state index in [0.29, 0.717) is 18.2 Å². The van der Waals surface area contributed by atoms with Gasteiger partial charge >= 0.3 is 0 Å². The van der Waals surface area contributed by atoms with E-state index in [1.54, 1.807) is 0 Å². The van der Waals surface area contributed by atoms with Gasteiger partial charge in [0.1, 0.15) is 0 Å². The zero-order chi connectivity index (χ0) is 12.3. The van der Waals surface area contributed by atoms with Gasteiger partial charge in [-0.25, -0.2) is 0 Å². The highest BCUT2D eigenvalue weighted by molar-refractivity contribution is 9.10. The molecule has 0 bridgehead atoms. The van der Waals surface area contributed by atoms with Crippen molar-refractivity contribution < 1.29 is 4.79 Å². The van der Waals surface area contributed by atoms with Crippen LogP contribution in [0.2, 0.25) is 0 Å². The number of carbonyl (C=O) groups is 1. The fourth-order valence-corrected chi connectivity index (χ4v) is 2.63. The van der Waals surface area contributed by atoms with Crippen molar-refractivity contribution in [3.05, 3.63) is 34.3 Å². The van der Waals surface area contributed by atoms with Crippen molar-refractivity contribution in [3.8, 4) is 0 Å². The molecule has 1 aliphatic rings. The van der Waals surface area contributed by atoms with E-state index in [-0.39, 0.29) is 0 Å². The lowest BCUT2D eigenvalue weighted by Gasteiger charge is -2.16. The number of amides is 1. The van der Waals surface area contributed by atoms with E-state index in [2.05, 4.69) is 47.1 Å². The summed E-state index contributed by atoms with van der Waals surface area (Å²) in [5, 5.41) is 0. The molecule has 3 heteroatoms. The zero-order valence-corrected chi connectivity index (χ0v) is 11.7. The van der Waals surface area contributed by atoms with Crippen LogP contribution in [0.3, 0.4) is 0 Å². The van der Waals surface area contributed by atoms with Gasteiger partial charge in [0.25, 0.3) is 0 Å². The Labute approximate surface area is 111 Å². The molecule has 92 valence electrons. The number of halogens is 1. The smallest absolute Gasteiger partial charge is 0.222 e. The Kier molecular flexibility index (Phi) is 4.21. The maximum absolute atomic E-state index is 11.8. The van der Waals surface area contributed by atoms with Gasteiger partial charge < -0.3 is 4.90 Å². The van der Waals surface area contributed by atoms with Gasteiger partial charge in [0.05, 0.1) is 0 Å². The summed E-state index contributed by atoms with van der Waals surface area (Å²) < 4.78 is 1.11. The third-order valence-electron chi connectivity index (χ3n) is 3.35. The van der Waals surface area contributed by atoms with E-state index in [9.17, 15) is 4.79 Å². The van der Waals surface area contributed by atoms with Crippen LogP contribution < -0.4 is 0 Å². The molecule has 0 aliphatic carbocycles. The Balaban J connectivity index is 1.98. The Morgan fingerprint density at radius 3 is 2.76 bits per heavy atom. The monoisotopic (exact) mass is 295 g/mol. The average molecular weight is 296 g/mol. The fraction of sp³-hybridized carbons (Fsp3) is 0.500. The molecule has 1 unspecified atom stereocenters. The molecule has 2 nitrogen and oxygen atoms in total. The molecule has 1 saturated heterocycles. The quantitative estimate of drug-likeness (QED) is 0.835. The van der Waals surface area contributed by atoms with Crippen LogP contribution in [0.5, 0.6) is 0 Å². The molecule has 1 fully saturated rings. The normalized spacial score (nSPS) is 19.6. The summed E-state index contributed by atoms with van der Waals surface area (Å²) in [6, 6.07) is 8.46. The van der Waals surface area contributed by atoms with Gasteiger partial charge in [-0.15, -0.1) is 0 Å². The van der Waals surface area contributed by atoms with Crippen LogP contribution in [-0.2, 0) is 4.79 Å². The van der Waals surface area contributed by atoms with Crippen molar-refractivity contribution in [2.45, 2.75) is 32.1 Å². The number of carbonyl (C=O) groups excluding carboxylic acids is 1. The fourth-order valence-electron chi connectivity index (χ4n) is 2.37. The summed E-state index contributed by atoms with van der Waals surface area (Å²) in [5.74, 6) is 0.830. The van der Waals surface area contributed by atoms with Crippen LogP contribution in [0.4, 0.5) is 0 Å². The number of benzene rings is 1. The molecule has 0 N–H and O–H groups in total. The summed E-state index contributed by atoms with van der Waals surface area (Å²) in [5.41, 5.74) is 1.35. The first-order valence-corrected chi connectivity index (χ1v) is 7.03. The summed E-state index contributed by atoms with van der Waals surface area (Å²) in [6.07, 6.45) is 2.72. The van der Waals surface area contributed by atoms with Gasteiger partial charge in [-0.1, -0.05) is 35.0 Å². The lowest BCUT2D eigenvalue weighted by Crippen LogP contribution is -2.27. The van der Waals surface area contributed by atoms with Gasteiger partial charge in [-0.3, -0.25) is 4.79 Å². The molecule has 1 amide bonds. The van der Waals surface area contributed by atoms with Crippen molar-refractivity contribution in [3.63, 3.8) is 0 Å². The second-order valence-electron chi connectivity index (χ2n) is 4.63. The number of nitrogens with zero attached hydrogens (tertiary/aromatic N) is 1. The van der Waals surface area contributed by atoms with E-state index in [4.69, 9.17) is 0 Å². The largest absolute Gasteiger partial charge is 0.342 e. The average Bonchev–Trinajstić information content (AvgIpc) is 2.80. The van der Waals surface area contributed by atoms with Crippen molar-refractivity contribution >= 4 is 21.8 Å². The molecular formula is C14H18BrNO. The summed E-state index contributed by atoms with van der Waals surface area (Å²) in [4.78, 5) is 13.8. The molecule has 0 saturated carbocycles. The molecule has 1 aliphatic heterocycles. The van der Waals surface area contributed by atoms with Crippen LogP contribution >= 0.6 is 15.9 Å². The van der Waals surface area contributed by atoms with Gasteiger partial charge in [0.15, 0.2) is 0 Å². The molecule has 0 aromatic heterocycles. The lowest BCUT2D eigenvalue weighted by molar-refractivity contribution is -0.130. The van der Waals surface area contributed by atoms with Crippen LogP contribution in [-0.4, -0.2) is 23.9 Å². The maximum Gasteiger partial charge on any atom is 0.222 e. The van der Waals surface area contributed by atoms with Crippen LogP contribution in [0.15, 0.2) is 28.7 Å². The minimum absolute atomic E-state index is 0.312. The minimum atomic E-state index is 0.312. The molecule has 1 heterocycles. The lowest BCUT2D eigenvalue weighted by atomic mass is 9.99. The Hall–Kier alpha value is -0.830. The third-order valence-corrected chi connectivity index (χ3v) is 3.87. The Morgan fingerprint density at radius 1 is 1.41 bits per heavy atom. The zero-order valence-electron chi connectivity index (χ0n) is 10.2. The van der Waals surface area contributed by atoms with E-state index >= 15 is 0 Å². The van der Waals surface area contributed by atoms with Gasteiger partial charge in [-0.05, 0) is 30.5 Å². The first-order chi connectivity index (χ1) is 8.20. The third kappa shape index (κ3) is 3.09. The van der Waals surface area contributed by atoms with Crippen molar-refractivity contribution in [2.75, 3.05) is 13.1 Å². The second kappa shape index (κ2) is 5.67. The first kappa shape index (κ1) is 12.6. The van der Waals surface area contributed by atoms with E-state index < -0.39 is 0 Å². The van der Waals surface area contributed by atoms with E-state index in [1.807, 2.05) is 4.90 Å². The highest BCUT2D eigenvalue weighted by Gasteiger charge is 2.26. The molecule has 1 aromatic rings. The number of likely N-dealkylation sites (tertiary alicyclic amines) is 1. The summed E-state index contributed by atoms with van der Waals surface area (Å²) in [6.45, 7) is 3.86. The van der Waals surface area contributed by atoms with E-state index in [1.165, 1.54) is 5.56 Å². The van der Waals surface area contributed by atoms with Crippen LogP contribution in [0.1, 0.15) is 37.7 Å². The molecule has 1 atom stereocenters. The van der Waals surface area contributed by atoms with Crippen molar-refractivity contribution in [2.24, 2.45) is 0 Å². The Morgan fingerprint density at radius 2 is 2.12 bits per heavy atom. The predicted octanol–water partition coefficient (Wildman–Crippen LogP) is 3.57. The standard InChI is InChI=1S/C14H18BrNO/c1-2-3-14(17)16-9-8-12(10-16)11-4-6-13(15)7-5-11/h4-7,12H,2-3,8-10H2,1H3. The Bertz CT molecular complexity index is 388. The highest BCUT2D eigenvalue weighted by Crippen LogP contribution is 2.28. The summed E-state index contributed by atoms with van der Waals surface area (Å²) >= 11 is 3.45. The van der Waals surface area contributed by atoms with Crippen LogP contribution in [0, 0.1) is 0 Å². The molecule has 17 heavy (non-hydrogen) atoms. The molecule has 2 rings (SSSR count). The predicted molar refractivity (Wildman–Crippen MR) is 73.0 cm³/mol. The molecule has 0 radical (unpaired) electrons.